The second-order valence-electron chi connectivity index (χ2n) is 4.34. The fourth-order valence-corrected chi connectivity index (χ4v) is 2.13. The van der Waals surface area contributed by atoms with Crippen molar-refractivity contribution in [3.05, 3.63) is 53.2 Å². The topological polar surface area (TPSA) is 34.4 Å². The van der Waals surface area contributed by atoms with Crippen molar-refractivity contribution in [3.63, 3.8) is 0 Å². The molecule has 0 amide bonds. The third kappa shape index (κ3) is 2.79. The zero-order chi connectivity index (χ0) is 13.8. The Morgan fingerprint density at radius 2 is 2.21 bits per heavy atom. The first-order chi connectivity index (χ1) is 9.17. The summed E-state index contributed by atoms with van der Waals surface area (Å²) in [6.45, 7) is 4.58. The van der Waals surface area contributed by atoms with Gasteiger partial charge in [0, 0.05) is 11.1 Å². The van der Waals surface area contributed by atoms with E-state index in [0.717, 1.165) is 17.9 Å². The molecule has 102 valence electrons. The Morgan fingerprint density at radius 1 is 1.42 bits per heavy atom. The molecule has 2 aromatic rings. The van der Waals surface area contributed by atoms with Crippen molar-refractivity contribution in [1.29, 1.82) is 0 Å². The molecule has 2 rings (SSSR count). The number of methoxy groups -OCH3 is 1. The number of hydrogen-bond donors (Lipinski definition) is 1. The molecule has 0 bridgehead atoms. The van der Waals surface area contributed by atoms with Crippen LogP contribution < -0.4 is 10.1 Å². The van der Waals surface area contributed by atoms with Crippen LogP contribution in [0.1, 0.15) is 29.9 Å². The molecule has 1 unspecified atom stereocenters. The molecular formula is C15H18FNO2. The maximum absolute atomic E-state index is 14.3. The highest BCUT2D eigenvalue weighted by Gasteiger charge is 2.20. The van der Waals surface area contributed by atoms with Gasteiger partial charge in [-0.1, -0.05) is 19.1 Å². The summed E-state index contributed by atoms with van der Waals surface area (Å²) in [5, 5.41) is 3.27. The van der Waals surface area contributed by atoms with Gasteiger partial charge in [0.25, 0.3) is 0 Å². The Labute approximate surface area is 112 Å². The molecular weight excluding hydrogens is 245 g/mol. The van der Waals surface area contributed by atoms with Crippen LogP contribution in [0.25, 0.3) is 0 Å². The summed E-state index contributed by atoms with van der Waals surface area (Å²) in [7, 11) is 1.46. The Bertz CT molecular complexity index is 551. The molecule has 4 heteroatoms. The first kappa shape index (κ1) is 13.6. The highest BCUT2D eigenvalue weighted by Crippen LogP contribution is 2.30. The fraction of sp³-hybridized carbons (Fsp3) is 0.333. The van der Waals surface area contributed by atoms with Crippen molar-refractivity contribution < 1.29 is 13.5 Å². The van der Waals surface area contributed by atoms with Gasteiger partial charge >= 0.3 is 0 Å². The van der Waals surface area contributed by atoms with E-state index < -0.39 is 0 Å². The van der Waals surface area contributed by atoms with Gasteiger partial charge in [-0.05, 0) is 25.6 Å². The average molecular weight is 263 g/mol. The maximum Gasteiger partial charge on any atom is 0.170 e. The van der Waals surface area contributed by atoms with Gasteiger partial charge in [-0.3, -0.25) is 0 Å². The van der Waals surface area contributed by atoms with Gasteiger partial charge in [0.05, 0.1) is 19.4 Å². The summed E-state index contributed by atoms with van der Waals surface area (Å²) in [6.07, 6.45) is 1.65. The molecule has 0 aliphatic carbocycles. The van der Waals surface area contributed by atoms with E-state index in [1.54, 1.807) is 24.5 Å². The summed E-state index contributed by atoms with van der Waals surface area (Å²) in [4.78, 5) is 0. The minimum Gasteiger partial charge on any atom is -0.494 e. The Balaban J connectivity index is 2.44. The molecule has 1 atom stereocenters. The number of hydrogen-bond acceptors (Lipinski definition) is 3. The minimum atomic E-state index is -0.338. The minimum absolute atomic E-state index is 0.238. The molecule has 0 fully saturated rings. The molecule has 1 aromatic heterocycles. The van der Waals surface area contributed by atoms with Crippen LogP contribution in [-0.4, -0.2) is 13.7 Å². The van der Waals surface area contributed by atoms with Crippen LogP contribution in [0, 0.1) is 12.7 Å². The van der Waals surface area contributed by atoms with Crippen LogP contribution in [-0.2, 0) is 0 Å². The zero-order valence-electron chi connectivity index (χ0n) is 11.4. The van der Waals surface area contributed by atoms with Crippen molar-refractivity contribution in [3.8, 4) is 5.75 Å². The van der Waals surface area contributed by atoms with E-state index in [1.165, 1.54) is 7.11 Å². The first-order valence-electron chi connectivity index (χ1n) is 6.28. The van der Waals surface area contributed by atoms with Crippen LogP contribution in [0.2, 0.25) is 0 Å². The Kier molecular flexibility index (Phi) is 4.22. The van der Waals surface area contributed by atoms with Crippen LogP contribution in [0.5, 0.6) is 5.75 Å². The standard InChI is InChI=1S/C15H18FNO2/c1-4-17-15(11-8-10(2)19-9-11)12-6-5-7-13(18-3)14(12)16/h5-9,15,17H,4H2,1-3H3. The number of ether oxygens (including phenoxy) is 1. The largest absolute Gasteiger partial charge is 0.494 e. The van der Waals surface area contributed by atoms with Crippen molar-refractivity contribution in [1.82, 2.24) is 5.32 Å². The van der Waals surface area contributed by atoms with E-state index in [9.17, 15) is 4.39 Å². The van der Waals surface area contributed by atoms with Crippen molar-refractivity contribution in [2.24, 2.45) is 0 Å². The van der Waals surface area contributed by atoms with Gasteiger partial charge in [-0.2, -0.15) is 0 Å². The van der Waals surface area contributed by atoms with Gasteiger partial charge in [0.2, 0.25) is 0 Å². The number of benzene rings is 1. The SMILES string of the molecule is CCNC(c1coc(C)c1)c1cccc(OC)c1F. The van der Waals surface area contributed by atoms with E-state index in [1.807, 2.05) is 19.9 Å². The van der Waals surface area contributed by atoms with Crippen molar-refractivity contribution >= 4 is 0 Å². The number of halogens is 1. The zero-order valence-corrected chi connectivity index (χ0v) is 11.4. The predicted molar refractivity (Wildman–Crippen MR) is 71.9 cm³/mol. The van der Waals surface area contributed by atoms with Crippen LogP contribution in [0.15, 0.2) is 34.9 Å². The lowest BCUT2D eigenvalue weighted by atomic mass is 10.00. The second kappa shape index (κ2) is 5.89. The Morgan fingerprint density at radius 3 is 2.79 bits per heavy atom. The summed E-state index contributed by atoms with van der Waals surface area (Å²) < 4.78 is 24.7. The smallest absolute Gasteiger partial charge is 0.170 e. The highest BCUT2D eigenvalue weighted by atomic mass is 19.1. The molecule has 3 nitrogen and oxygen atoms in total. The van der Waals surface area contributed by atoms with E-state index in [2.05, 4.69) is 5.32 Å². The molecule has 0 saturated heterocycles. The Hall–Kier alpha value is -1.81. The highest BCUT2D eigenvalue weighted by molar-refractivity contribution is 5.38. The van der Waals surface area contributed by atoms with Gasteiger partial charge in [-0.25, -0.2) is 4.39 Å². The molecule has 1 aromatic carbocycles. The van der Waals surface area contributed by atoms with E-state index in [0.29, 0.717) is 5.56 Å². The second-order valence-corrected chi connectivity index (χ2v) is 4.34. The third-order valence-corrected chi connectivity index (χ3v) is 3.02. The van der Waals surface area contributed by atoms with E-state index >= 15 is 0 Å². The molecule has 1 heterocycles. The maximum atomic E-state index is 14.3. The van der Waals surface area contributed by atoms with Crippen molar-refractivity contribution in [2.75, 3.05) is 13.7 Å². The van der Waals surface area contributed by atoms with E-state index in [4.69, 9.17) is 9.15 Å². The normalized spacial score (nSPS) is 12.4. The number of aryl methyl sites for hydroxylation is 1. The predicted octanol–water partition coefficient (Wildman–Crippen LogP) is 3.43. The number of nitrogens with one attached hydrogen (secondary N) is 1. The van der Waals surface area contributed by atoms with Crippen LogP contribution in [0.3, 0.4) is 0 Å². The van der Waals surface area contributed by atoms with Gasteiger partial charge in [0.15, 0.2) is 11.6 Å². The summed E-state index contributed by atoms with van der Waals surface area (Å²) in [6, 6.07) is 6.83. The molecule has 0 spiro atoms. The number of rotatable bonds is 5. The monoisotopic (exact) mass is 263 g/mol. The van der Waals surface area contributed by atoms with Gasteiger partial charge in [-0.15, -0.1) is 0 Å². The summed E-state index contributed by atoms with van der Waals surface area (Å²) in [5.41, 5.74) is 1.47. The first-order valence-corrected chi connectivity index (χ1v) is 6.28. The lowest BCUT2D eigenvalue weighted by Crippen LogP contribution is -2.22. The molecule has 0 saturated carbocycles. The molecule has 0 radical (unpaired) electrons. The summed E-state index contributed by atoms with van der Waals surface area (Å²) in [5.74, 6) is 0.719. The lowest BCUT2D eigenvalue weighted by molar-refractivity contribution is 0.381. The van der Waals surface area contributed by atoms with Crippen molar-refractivity contribution in [2.45, 2.75) is 19.9 Å². The average Bonchev–Trinajstić information content (AvgIpc) is 2.83. The molecule has 1 N–H and O–H groups in total. The molecule has 0 aliphatic rings. The fourth-order valence-electron chi connectivity index (χ4n) is 2.13. The summed E-state index contributed by atoms with van der Waals surface area (Å²) >= 11 is 0. The van der Waals surface area contributed by atoms with E-state index in [-0.39, 0.29) is 17.6 Å². The number of furan rings is 1. The van der Waals surface area contributed by atoms with Gasteiger partial charge in [0.1, 0.15) is 5.76 Å². The molecule has 19 heavy (non-hydrogen) atoms. The van der Waals surface area contributed by atoms with Crippen LogP contribution >= 0.6 is 0 Å². The molecule has 0 aliphatic heterocycles. The lowest BCUT2D eigenvalue weighted by Gasteiger charge is -2.18. The third-order valence-electron chi connectivity index (χ3n) is 3.02. The van der Waals surface area contributed by atoms with Gasteiger partial charge < -0.3 is 14.5 Å². The van der Waals surface area contributed by atoms with Crippen LogP contribution in [0.4, 0.5) is 4.39 Å². The quantitative estimate of drug-likeness (QED) is 0.897.